The minimum Gasteiger partial charge on any atom is -0.310 e. The van der Waals surface area contributed by atoms with Gasteiger partial charge >= 0.3 is 0 Å². The fourth-order valence-corrected chi connectivity index (χ4v) is 2.24. The van der Waals surface area contributed by atoms with E-state index in [2.05, 4.69) is 31.2 Å². The monoisotopic (exact) mass is 291 g/mol. The maximum atomic E-state index is 13.4. The molecule has 1 atom stereocenters. The first-order chi connectivity index (χ1) is 7.39. The van der Waals surface area contributed by atoms with E-state index < -0.39 is 17.7 Å². The molecule has 0 fully saturated rings. The predicted molar refractivity (Wildman–Crippen MR) is 56.3 cm³/mol. The minimum absolute atomic E-state index is 0.157. The molecule has 1 N–H and O–H groups in total. The summed E-state index contributed by atoms with van der Waals surface area (Å²) in [5.74, 6) is -4.47. The van der Waals surface area contributed by atoms with Crippen LogP contribution < -0.4 is 5.32 Å². The van der Waals surface area contributed by atoms with Crippen molar-refractivity contribution in [3.63, 3.8) is 0 Å². The standard InChI is InChI=1S/C9H8BrF2N3O/c1-9(11,12)4-2-5(16)15-8-6(4)7(10)13-3-14-8/h3-4H,2H2,1H3,(H,13,14,15,16)/t4-/m0/s1. The van der Waals surface area contributed by atoms with Gasteiger partial charge in [-0.1, -0.05) is 0 Å². The van der Waals surface area contributed by atoms with Crippen LogP contribution in [0, 0.1) is 0 Å². The van der Waals surface area contributed by atoms with Gasteiger partial charge in [0.05, 0.1) is 5.92 Å². The molecule has 0 spiro atoms. The summed E-state index contributed by atoms with van der Waals surface area (Å²) in [6.07, 6.45) is 0.946. The fourth-order valence-electron chi connectivity index (χ4n) is 1.69. The van der Waals surface area contributed by atoms with Crippen LogP contribution in [0.2, 0.25) is 0 Å². The highest BCUT2D eigenvalue weighted by molar-refractivity contribution is 9.10. The number of nitrogens with one attached hydrogen (secondary N) is 1. The van der Waals surface area contributed by atoms with E-state index in [1.54, 1.807) is 0 Å². The molecule has 16 heavy (non-hydrogen) atoms. The van der Waals surface area contributed by atoms with Crippen molar-refractivity contribution in [2.24, 2.45) is 0 Å². The summed E-state index contributed by atoms with van der Waals surface area (Å²) in [5.41, 5.74) is 0.259. The highest BCUT2D eigenvalue weighted by Gasteiger charge is 2.42. The molecular weight excluding hydrogens is 284 g/mol. The third kappa shape index (κ3) is 1.91. The lowest BCUT2D eigenvalue weighted by atomic mass is 9.89. The van der Waals surface area contributed by atoms with E-state index in [0.717, 1.165) is 6.92 Å². The van der Waals surface area contributed by atoms with Crippen molar-refractivity contribution in [2.45, 2.75) is 25.2 Å². The van der Waals surface area contributed by atoms with Crippen LogP contribution in [0.5, 0.6) is 0 Å². The Morgan fingerprint density at radius 1 is 1.56 bits per heavy atom. The average molecular weight is 292 g/mol. The molecule has 1 aromatic heterocycles. The zero-order valence-corrected chi connectivity index (χ0v) is 9.88. The van der Waals surface area contributed by atoms with Gasteiger partial charge in [-0.2, -0.15) is 0 Å². The zero-order chi connectivity index (χ0) is 11.9. The Bertz CT molecular complexity index is 447. The molecule has 0 bridgehead atoms. The number of carbonyl (C=O) groups is 1. The number of halogens is 3. The first-order valence-corrected chi connectivity index (χ1v) is 5.37. The number of aromatic nitrogens is 2. The summed E-state index contributed by atoms with van der Waals surface area (Å²) < 4.78 is 27.1. The van der Waals surface area contributed by atoms with Crippen molar-refractivity contribution in [1.82, 2.24) is 9.97 Å². The van der Waals surface area contributed by atoms with Gasteiger partial charge in [-0.3, -0.25) is 4.79 Å². The van der Waals surface area contributed by atoms with Gasteiger partial charge in [0, 0.05) is 12.0 Å². The van der Waals surface area contributed by atoms with E-state index in [4.69, 9.17) is 0 Å². The number of amides is 1. The molecule has 0 aliphatic carbocycles. The topological polar surface area (TPSA) is 54.9 Å². The van der Waals surface area contributed by atoms with E-state index in [1.165, 1.54) is 6.33 Å². The molecule has 0 unspecified atom stereocenters. The third-order valence-corrected chi connectivity index (χ3v) is 3.07. The fraction of sp³-hybridized carbons (Fsp3) is 0.444. The second kappa shape index (κ2) is 3.73. The second-order valence-corrected chi connectivity index (χ2v) is 4.44. The number of anilines is 1. The second-order valence-electron chi connectivity index (χ2n) is 3.69. The zero-order valence-electron chi connectivity index (χ0n) is 8.30. The normalized spacial score (nSPS) is 20.2. The Hall–Kier alpha value is -1.11. The number of nitrogens with zero attached hydrogens (tertiary/aromatic N) is 2. The summed E-state index contributed by atoms with van der Waals surface area (Å²) >= 11 is 3.10. The first-order valence-electron chi connectivity index (χ1n) is 4.57. The van der Waals surface area contributed by atoms with Crippen LogP contribution in [0.25, 0.3) is 0 Å². The van der Waals surface area contributed by atoms with Gasteiger partial charge in [0.15, 0.2) is 0 Å². The van der Waals surface area contributed by atoms with Crippen LogP contribution >= 0.6 is 15.9 Å². The molecule has 1 amide bonds. The largest absolute Gasteiger partial charge is 0.310 e. The summed E-state index contributed by atoms with van der Waals surface area (Å²) in [4.78, 5) is 18.9. The summed E-state index contributed by atoms with van der Waals surface area (Å²) in [7, 11) is 0. The van der Waals surface area contributed by atoms with Crippen molar-refractivity contribution in [2.75, 3.05) is 5.32 Å². The number of hydrogen-bond acceptors (Lipinski definition) is 3. The molecule has 0 saturated heterocycles. The Balaban J connectivity index is 2.56. The van der Waals surface area contributed by atoms with Gasteiger partial charge < -0.3 is 5.32 Å². The first kappa shape index (κ1) is 11.4. The van der Waals surface area contributed by atoms with Gasteiger partial charge in [-0.15, -0.1) is 0 Å². The Morgan fingerprint density at radius 2 is 2.25 bits per heavy atom. The SMILES string of the molecule is CC(F)(F)[C@H]1CC(=O)Nc2ncnc(Br)c21. The highest BCUT2D eigenvalue weighted by atomic mass is 79.9. The van der Waals surface area contributed by atoms with E-state index in [1.807, 2.05) is 0 Å². The van der Waals surface area contributed by atoms with Gasteiger partial charge in [-0.05, 0) is 22.9 Å². The Kier molecular flexibility index (Phi) is 2.65. The molecule has 2 heterocycles. The van der Waals surface area contributed by atoms with Crippen LogP contribution in [0.15, 0.2) is 10.9 Å². The number of rotatable bonds is 1. The quantitative estimate of drug-likeness (QED) is 0.808. The van der Waals surface area contributed by atoms with E-state index in [0.29, 0.717) is 4.60 Å². The molecule has 1 aromatic rings. The maximum absolute atomic E-state index is 13.4. The van der Waals surface area contributed by atoms with Gasteiger partial charge in [-0.25, -0.2) is 18.7 Å². The molecule has 2 rings (SSSR count). The van der Waals surface area contributed by atoms with Gasteiger partial charge in [0.2, 0.25) is 5.91 Å². The molecule has 1 aliphatic rings. The molecule has 0 aromatic carbocycles. The van der Waals surface area contributed by atoms with Crippen LogP contribution in [0.3, 0.4) is 0 Å². The molecular formula is C9H8BrF2N3O. The molecule has 4 nitrogen and oxygen atoms in total. The predicted octanol–water partition coefficient (Wildman–Crippen LogP) is 2.32. The minimum atomic E-state index is -2.99. The third-order valence-electron chi connectivity index (χ3n) is 2.44. The molecule has 1 aliphatic heterocycles. The van der Waals surface area contributed by atoms with Crippen molar-refractivity contribution < 1.29 is 13.6 Å². The van der Waals surface area contributed by atoms with Crippen LogP contribution in [0.1, 0.15) is 24.8 Å². The number of alkyl halides is 2. The van der Waals surface area contributed by atoms with Crippen LogP contribution in [-0.4, -0.2) is 21.8 Å². The van der Waals surface area contributed by atoms with Gasteiger partial charge in [0.1, 0.15) is 16.7 Å². The lowest BCUT2D eigenvalue weighted by molar-refractivity contribution is -0.119. The lowest BCUT2D eigenvalue weighted by Crippen LogP contribution is -2.33. The molecule has 86 valence electrons. The van der Waals surface area contributed by atoms with Crippen LogP contribution in [-0.2, 0) is 4.79 Å². The Morgan fingerprint density at radius 3 is 2.88 bits per heavy atom. The maximum Gasteiger partial charge on any atom is 0.252 e. The molecule has 7 heteroatoms. The number of carbonyl (C=O) groups excluding carboxylic acids is 1. The molecule has 0 saturated carbocycles. The van der Waals surface area contributed by atoms with E-state index in [-0.39, 0.29) is 17.8 Å². The smallest absolute Gasteiger partial charge is 0.252 e. The number of fused-ring (bicyclic) bond motifs is 1. The van der Waals surface area contributed by atoms with Gasteiger partial charge in [0.25, 0.3) is 5.92 Å². The summed E-state index contributed by atoms with van der Waals surface area (Å²) in [5, 5.41) is 2.45. The van der Waals surface area contributed by atoms with Crippen molar-refractivity contribution >= 4 is 27.7 Å². The van der Waals surface area contributed by atoms with Crippen molar-refractivity contribution in [3.8, 4) is 0 Å². The average Bonchev–Trinajstić information content (AvgIpc) is 2.15. The van der Waals surface area contributed by atoms with Crippen LogP contribution in [0.4, 0.5) is 14.6 Å². The van der Waals surface area contributed by atoms with Crippen molar-refractivity contribution in [1.29, 1.82) is 0 Å². The van der Waals surface area contributed by atoms with Crippen molar-refractivity contribution in [3.05, 3.63) is 16.5 Å². The highest BCUT2D eigenvalue weighted by Crippen LogP contribution is 2.43. The Labute approximate surface area is 98.6 Å². The lowest BCUT2D eigenvalue weighted by Gasteiger charge is -2.29. The summed E-state index contributed by atoms with van der Waals surface area (Å²) in [6, 6.07) is 0. The van der Waals surface area contributed by atoms with E-state index >= 15 is 0 Å². The summed E-state index contributed by atoms with van der Waals surface area (Å²) in [6.45, 7) is 0.791. The number of hydrogen-bond donors (Lipinski definition) is 1. The van der Waals surface area contributed by atoms with E-state index in [9.17, 15) is 13.6 Å². The molecule has 0 radical (unpaired) electrons.